The first kappa shape index (κ1) is 9.25. The molecule has 0 spiro atoms. The molecule has 7 heteroatoms. The number of aromatic nitrogens is 1. The molecule has 12 heavy (non-hydrogen) atoms. The molecule has 0 aliphatic carbocycles. The Kier molecular flexibility index (Phi) is 2.52. The molecule has 0 atom stereocenters. The van der Waals surface area contributed by atoms with Crippen LogP contribution in [0.25, 0.3) is 0 Å². The second-order valence-electron chi connectivity index (χ2n) is 2.16. The van der Waals surface area contributed by atoms with Crippen LogP contribution >= 0.6 is 7.60 Å². The Morgan fingerprint density at radius 1 is 1.75 bits per heavy atom. The zero-order valence-corrected chi connectivity index (χ0v) is 7.19. The van der Waals surface area contributed by atoms with Crippen molar-refractivity contribution in [1.29, 1.82) is 0 Å². The summed E-state index contributed by atoms with van der Waals surface area (Å²) in [6, 6.07) is 1.33. The molecule has 1 aromatic heterocycles. The molecule has 0 aliphatic heterocycles. The highest BCUT2D eigenvalue weighted by molar-refractivity contribution is 7.50. The Morgan fingerprint density at radius 2 is 2.42 bits per heavy atom. The molecule has 6 nitrogen and oxygen atoms in total. The van der Waals surface area contributed by atoms with Crippen LogP contribution in [-0.2, 0) is 10.7 Å². The minimum Gasteiger partial charge on any atom is -0.479 e. The quantitative estimate of drug-likeness (QED) is 0.673. The fraction of sp³-hybridized carbons (Fsp3) is 0.400. The fourth-order valence-electron chi connectivity index (χ4n) is 0.668. The van der Waals surface area contributed by atoms with E-state index >= 15 is 0 Å². The Balaban J connectivity index is 2.71. The molecule has 0 amide bonds. The van der Waals surface area contributed by atoms with Crippen molar-refractivity contribution in [2.24, 2.45) is 0 Å². The third kappa shape index (κ3) is 2.65. The zero-order chi connectivity index (χ0) is 9.19. The van der Waals surface area contributed by atoms with Gasteiger partial charge >= 0.3 is 7.60 Å². The third-order valence-electron chi connectivity index (χ3n) is 1.11. The molecule has 0 fully saturated rings. The van der Waals surface area contributed by atoms with Crippen LogP contribution in [0.1, 0.15) is 5.76 Å². The monoisotopic (exact) mass is 193 g/mol. The Labute approximate surface area is 68.3 Å². The second-order valence-corrected chi connectivity index (χ2v) is 3.80. The Hall–Kier alpha value is -0.840. The lowest BCUT2D eigenvalue weighted by molar-refractivity contribution is 0.322. The first-order valence-corrected chi connectivity index (χ1v) is 4.85. The van der Waals surface area contributed by atoms with Crippen LogP contribution in [0.5, 0.6) is 5.88 Å². The Morgan fingerprint density at radius 3 is 2.83 bits per heavy atom. The van der Waals surface area contributed by atoms with Gasteiger partial charge in [-0.05, 0) is 5.16 Å². The largest absolute Gasteiger partial charge is 0.479 e. The van der Waals surface area contributed by atoms with Gasteiger partial charge in [-0.3, -0.25) is 4.57 Å². The molecule has 0 bridgehead atoms. The van der Waals surface area contributed by atoms with E-state index in [4.69, 9.17) is 9.79 Å². The number of hydrogen-bond acceptors (Lipinski definition) is 4. The van der Waals surface area contributed by atoms with Crippen molar-refractivity contribution in [2.75, 3.05) is 7.11 Å². The van der Waals surface area contributed by atoms with Gasteiger partial charge in [0, 0.05) is 6.07 Å². The van der Waals surface area contributed by atoms with Crippen molar-refractivity contribution < 1.29 is 23.6 Å². The van der Waals surface area contributed by atoms with Gasteiger partial charge in [-0.2, -0.15) is 0 Å². The Bertz CT molecular complexity index is 303. The molecular weight excluding hydrogens is 185 g/mol. The van der Waals surface area contributed by atoms with E-state index in [0.29, 0.717) is 0 Å². The average molecular weight is 193 g/mol. The first-order chi connectivity index (χ1) is 5.51. The van der Waals surface area contributed by atoms with Crippen molar-refractivity contribution in [2.45, 2.75) is 6.16 Å². The summed E-state index contributed by atoms with van der Waals surface area (Å²) in [7, 11) is -2.69. The van der Waals surface area contributed by atoms with E-state index in [-0.39, 0.29) is 11.6 Å². The highest BCUT2D eigenvalue weighted by atomic mass is 31.2. The molecule has 1 rings (SSSR count). The summed E-state index contributed by atoms with van der Waals surface area (Å²) in [5, 5.41) is 3.38. The van der Waals surface area contributed by atoms with Crippen molar-refractivity contribution in [3.05, 3.63) is 11.8 Å². The topological polar surface area (TPSA) is 92.8 Å². The summed E-state index contributed by atoms with van der Waals surface area (Å²) in [6.07, 6.45) is -0.455. The van der Waals surface area contributed by atoms with Gasteiger partial charge < -0.3 is 19.0 Å². The summed E-state index contributed by atoms with van der Waals surface area (Å²) in [4.78, 5) is 17.1. The van der Waals surface area contributed by atoms with Gasteiger partial charge in [0.05, 0.1) is 7.11 Å². The smallest absolute Gasteiger partial charge is 0.333 e. The van der Waals surface area contributed by atoms with Gasteiger partial charge in [0.25, 0.3) is 5.88 Å². The average Bonchev–Trinajstić information content (AvgIpc) is 2.32. The number of ether oxygens (including phenoxy) is 1. The van der Waals surface area contributed by atoms with Gasteiger partial charge in [0.15, 0.2) is 5.76 Å². The normalized spacial score (nSPS) is 11.6. The molecule has 0 radical (unpaired) electrons. The maximum absolute atomic E-state index is 10.5. The van der Waals surface area contributed by atoms with Crippen LogP contribution in [0.15, 0.2) is 10.6 Å². The van der Waals surface area contributed by atoms with Gasteiger partial charge in [-0.15, -0.1) is 0 Å². The van der Waals surface area contributed by atoms with E-state index in [1.54, 1.807) is 0 Å². The van der Waals surface area contributed by atoms with Crippen LogP contribution in [0.3, 0.4) is 0 Å². The molecule has 68 valence electrons. The number of hydrogen-bond donors (Lipinski definition) is 2. The maximum atomic E-state index is 10.5. The molecule has 1 aromatic rings. The molecule has 0 unspecified atom stereocenters. The van der Waals surface area contributed by atoms with E-state index in [1.165, 1.54) is 13.2 Å². The van der Waals surface area contributed by atoms with Crippen LogP contribution in [0, 0.1) is 0 Å². The highest BCUT2D eigenvalue weighted by Gasteiger charge is 2.17. The summed E-state index contributed by atoms with van der Waals surface area (Å²) in [6.45, 7) is 0. The lowest BCUT2D eigenvalue weighted by Gasteiger charge is -1.97. The minimum absolute atomic E-state index is 0.111. The van der Waals surface area contributed by atoms with Gasteiger partial charge in [-0.1, -0.05) is 0 Å². The molecular formula is C5H8NO5P. The molecule has 0 saturated carbocycles. The number of rotatable bonds is 3. The molecule has 0 saturated heterocycles. The summed E-state index contributed by atoms with van der Waals surface area (Å²) < 4.78 is 19.7. The van der Waals surface area contributed by atoms with Gasteiger partial charge in [-0.25, -0.2) is 0 Å². The predicted molar refractivity (Wildman–Crippen MR) is 38.8 cm³/mol. The van der Waals surface area contributed by atoms with E-state index in [0.717, 1.165) is 0 Å². The minimum atomic E-state index is -4.07. The van der Waals surface area contributed by atoms with E-state index in [9.17, 15) is 4.57 Å². The molecule has 0 aliphatic rings. The zero-order valence-electron chi connectivity index (χ0n) is 6.30. The van der Waals surface area contributed by atoms with Crippen molar-refractivity contribution in [3.8, 4) is 5.88 Å². The lowest BCUT2D eigenvalue weighted by Crippen LogP contribution is -1.83. The van der Waals surface area contributed by atoms with Crippen LogP contribution in [0.4, 0.5) is 0 Å². The van der Waals surface area contributed by atoms with Crippen LogP contribution < -0.4 is 4.74 Å². The van der Waals surface area contributed by atoms with E-state index < -0.39 is 13.8 Å². The van der Waals surface area contributed by atoms with E-state index in [2.05, 4.69) is 14.4 Å². The summed E-state index contributed by atoms with van der Waals surface area (Å²) in [5.41, 5.74) is 0. The van der Waals surface area contributed by atoms with Gasteiger partial charge in [0.1, 0.15) is 6.16 Å². The molecule has 1 heterocycles. The van der Waals surface area contributed by atoms with Crippen LogP contribution in [-0.4, -0.2) is 22.1 Å². The SMILES string of the molecule is COc1cc(CP(=O)(O)O)on1. The fourth-order valence-corrected chi connectivity index (χ4v) is 1.22. The third-order valence-corrected chi connectivity index (χ3v) is 1.83. The van der Waals surface area contributed by atoms with Gasteiger partial charge in [0.2, 0.25) is 0 Å². The maximum Gasteiger partial charge on any atom is 0.333 e. The molecule has 0 aromatic carbocycles. The lowest BCUT2D eigenvalue weighted by atomic mass is 10.5. The van der Waals surface area contributed by atoms with Crippen molar-refractivity contribution >= 4 is 7.60 Å². The highest BCUT2D eigenvalue weighted by Crippen LogP contribution is 2.39. The summed E-state index contributed by atoms with van der Waals surface area (Å²) >= 11 is 0. The summed E-state index contributed by atoms with van der Waals surface area (Å²) in [5.74, 6) is 0.318. The first-order valence-electron chi connectivity index (χ1n) is 3.05. The standard InChI is InChI=1S/C5H8NO5P/c1-10-5-2-4(11-6-5)3-12(7,8)9/h2H,3H2,1H3,(H2,7,8,9). The second kappa shape index (κ2) is 3.26. The number of methoxy groups -OCH3 is 1. The van der Waals surface area contributed by atoms with Crippen molar-refractivity contribution in [3.63, 3.8) is 0 Å². The van der Waals surface area contributed by atoms with E-state index in [1.807, 2.05) is 0 Å². The van der Waals surface area contributed by atoms with Crippen molar-refractivity contribution in [1.82, 2.24) is 5.16 Å². The number of nitrogens with zero attached hydrogens (tertiary/aromatic N) is 1. The molecule has 2 N–H and O–H groups in total. The predicted octanol–water partition coefficient (Wildman–Crippen LogP) is 0.361. The van der Waals surface area contributed by atoms with Crippen LogP contribution in [0.2, 0.25) is 0 Å².